The number of nitrogens with one attached hydrogen (secondary N) is 1. The molecule has 2 aromatic rings. The molecule has 0 bridgehead atoms. The predicted octanol–water partition coefficient (Wildman–Crippen LogP) is 3.40. The van der Waals surface area contributed by atoms with E-state index in [-0.39, 0.29) is 24.3 Å². The van der Waals surface area contributed by atoms with Gasteiger partial charge in [0.25, 0.3) is 5.91 Å². The highest BCUT2D eigenvalue weighted by Gasteiger charge is 2.20. The van der Waals surface area contributed by atoms with Gasteiger partial charge in [-0.3, -0.25) is 9.59 Å². The molecule has 0 aliphatic heterocycles. The predicted molar refractivity (Wildman–Crippen MR) is 87.1 cm³/mol. The first-order chi connectivity index (χ1) is 10.5. The normalized spacial score (nSPS) is 11.8. The van der Waals surface area contributed by atoms with Crippen LogP contribution < -0.4 is 5.32 Å². The van der Waals surface area contributed by atoms with E-state index in [9.17, 15) is 9.59 Å². The number of amides is 1. The van der Waals surface area contributed by atoms with Crippen LogP contribution in [0.3, 0.4) is 0 Å². The van der Waals surface area contributed by atoms with Crippen molar-refractivity contribution >= 4 is 23.2 Å². The van der Waals surface area contributed by atoms with E-state index in [1.807, 2.05) is 49.6 Å². The van der Waals surface area contributed by atoms with Crippen LogP contribution in [0.4, 0.5) is 0 Å². The smallest absolute Gasteiger partial charge is 0.307 e. The van der Waals surface area contributed by atoms with Crippen molar-refractivity contribution < 1.29 is 14.3 Å². The minimum atomic E-state index is -0.374. The zero-order chi connectivity index (χ0) is 16.1. The summed E-state index contributed by atoms with van der Waals surface area (Å²) in [6.45, 7) is 3.91. The molecule has 22 heavy (non-hydrogen) atoms. The van der Waals surface area contributed by atoms with Crippen molar-refractivity contribution in [1.29, 1.82) is 0 Å². The molecular formula is C17H19NO3S. The fourth-order valence-electron chi connectivity index (χ4n) is 2.31. The first kappa shape index (κ1) is 16.2. The zero-order valence-corrected chi connectivity index (χ0v) is 13.7. The highest BCUT2D eigenvalue weighted by Crippen LogP contribution is 2.23. The first-order valence-corrected chi connectivity index (χ1v) is 7.87. The summed E-state index contributed by atoms with van der Waals surface area (Å²) in [4.78, 5) is 25.0. The lowest BCUT2D eigenvalue weighted by Gasteiger charge is -2.17. The summed E-state index contributed by atoms with van der Waals surface area (Å²) in [7, 11) is 1.35. The molecule has 0 saturated carbocycles. The summed E-state index contributed by atoms with van der Waals surface area (Å²) in [6, 6.07) is 9.12. The number of ether oxygens (including phenoxy) is 1. The molecular weight excluding hydrogens is 298 g/mol. The first-order valence-electron chi connectivity index (χ1n) is 6.99. The molecule has 1 atom stereocenters. The highest BCUT2D eigenvalue weighted by atomic mass is 32.1. The van der Waals surface area contributed by atoms with E-state index in [1.165, 1.54) is 18.4 Å². The largest absolute Gasteiger partial charge is 0.469 e. The SMILES string of the molecule is COC(=O)CC(NC(=O)c1cc(C)cc(C)c1)c1cccs1. The van der Waals surface area contributed by atoms with Crippen molar-refractivity contribution in [3.8, 4) is 0 Å². The maximum atomic E-state index is 12.5. The van der Waals surface area contributed by atoms with Crippen LogP contribution in [0.1, 0.15) is 38.8 Å². The van der Waals surface area contributed by atoms with Gasteiger partial charge in [0.1, 0.15) is 0 Å². The molecule has 0 radical (unpaired) electrons. The van der Waals surface area contributed by atoms with Gasteiger partial charge >= 0.3 is 5.97 Å². The number of thiophene rings is 1. The Balaban J connectivity index is 2.19. The maximum Gasteiger partial charge on any atom is 0.307 e. The Bertz CT molecular complexity index is 644. The van der Waals surface area contributed by atoms with Crippen molar-refractivity contribution in [3.05, 3.63) is 57.3 Å². The summed E-state index contributed by atoms with van der Waals surface area (Å²) in [6.07, 6.45) is 0.119. The molecule has 116 valence electrons. The number of hydrogen-bond donors (Lipinski definition) is 1. The molecule has 1 unspecified atom stereocenters. The molecule has 1 aromatic carbocycles. The van der Waals surface area contributed by atoms with Crippen LogP contribution in [0, 0.1) is 13.8 Å². The van der Waals surface area contributed by atoms with Gasteiger partial charge in [0.05, 0.1) is 19.6 Å². The molecule has 0 saturated heterocycles. The maximum absolute atomic E-state index is 12.5. The Morgan fingerprint density at radius 3 is 2.45 bits per heavy atom. The minimum Gasteiger partial charge on any atom is -0.469 e. The fraction of sp³-hybridized carbons (Fsp3) is 0.294. The molecule has 1 amide bonds. The summed E-state index contributed by atoms with van der Waals surface area (Å²) in [5.41, 5.74) is 2.67. The lowest BCUT2D eigenvalue weighted by Crippen LogP contribution is -2.30. The molecule has 1 aromatic heterocycles. The van der Waals surface area contributed by atoms with E-state index in [2.05, 4.69) is 5.32 Å². The van der Waals surface area contributed by atoms with Crippen LogP contribution in [0.15, 0.2) is 35.7 Å². The van der Waals surface area contributed by atoms with Gasteiger partial charge in [0.2, 0.25) is 0 Å². The second-order valence-electron chi connectivity index (χ2n) is 5.20. The van der Waals surface area contributed by atoms with Crippen LogP contribution in [-0.4, -0.2) is 19.0 Å². The molecule has 0 spiro atoms. The lowest BCUT2D eigenvalue weighted by molar-refractivity contribution is -0.141. The van der Waals surface area contributed by atoms with Gasteiger partial charge in [-0.05, 0) is 37.4 Å². The van der Waals surface area contributed by atoms with E-state index in [0.717, 1.165) is 16.0 Å². The average molecular weight is 317 g/mol. The van der Waals surface area contributed by atoms with Crippen molar-refractivity contribution in [2.24, 2.45) is 0 Å². The third kappa shape index (κ3) is 4.18. The van der Waals surface area contributed by atoms with E-state index in [4.69, 9.17) is 4.74 Å². The van der Waals surface area contributed by atoms with Crippen molar-refractivity contribution in [2.45, 2.75) is 26.3 Å². The molecule has 2 rings (SSSR count). The number of carbonyl (C=O) groups excluding carboxylic acids is 2. The van der Waals surface area contributed by atoms with E-state index in [0.29, 0.717) is 5.56 Å². The Morgan fingerprint density at radius 1 is 1.23 bits per heavy atom. The van der Waals surface area contributed by atoms with Crippen LogP contribution in [0.2, 0.25) is 0 Å². The zero-order valence-electron chi connectivity index (χ0n) is 12.9. The van der Waals surface area contributed by atoms with E-state index in [1.54, 1.807) is 0 Å². The van der Waals surface area contributed by atoms with Crippen LogP contribution >= 0.6 is 11.3 Å². The van der Waals surface area contributed by atoms with Gasteiger partial charge < -0.3 is 10.1 Å². The molecule has 1 heterocycles. The van der Waals surface area contributed by atoms with Gasteiger partial charge in [0, 0.05) is 10.4 Å². The van der Waals surface area contributed by atoms with Crippen molar-refractivity contribution in [3.63, 3.8) is 0 Å². The summed E-state index contributed by atoms with van der Waals surface area (Å²) < 4.78 is 4.72. The molecule has 0 fully saturated rings. The Labute approximate surface area is 134 Å². The van der Waals surface area contributed by atoms with Gasteiger partial charge in [-0.1, -0.05) is 23.3 Å². The number of rotatable bonds is 5. The number of hydrogen-bond acceptors (Lipinski definition) is 4. The highest BCUT2D eigenvalue weighted by molar-refractivity contribution is 7.10. The summed E-state index contributed by atoms with van der Waals surface area (Å²) in [5, 5.41) is 4.85. The quantitative estimate of drug-likeness (QED) is 0.860. The van der Waals surface area contributed by atoms with Gasteiger partial charge in [-0.25, -0.2) is 0 Å². The molecule has 0 aliphatic carbocycles. The fourth-order valence-corrected chi connectivity index (χ4v) is 3.09. The molecule has 1 N–H and O–H groups in total. The Morgan fingerprint density at radius 2 is 1.91 bits per heavy atom. The number of esters is 1. The van der Waals surface area contributed by atoms with E-state index < -0.39 is 0 Å². The number of benzene rings is 1. The number of methoxy groups -OCH3 is 1. The van der Waals surface area contributed by atoms with Gasteiger partial charge in [-0.2, -0.15) is 0 Å². The summed E-state index contributed by atoms with van der Waals surface area (Å²) in [5.74, 6) is -0.534. The topological polar surface area (TPSA) is 55.4 Å². The van der Waals surface area contributed by atoms with E-state index >= 15 is 0 Å². The second kappa shape index (κ2) is 7.22. The number of aryl methyl sites for hydroxylation is 2. The van der Waals surface area contributed by atoms with Crippen LogP contribution in [-0.2, 0) is 9.53 Å². The third-order valence-electron chi connectivity index (χ3n) is 3.27. The molecule has 4 nitrogen and oxygen atoms in total. The third-order valence-corrected chi connectivity index (χ3v) is 4.26. The molecule has 0 aliphatic rings. The minimum absolute atomic E-state index is 0.119. The standard InChI is InChI=1S/C17H19NO3S/c1-11-7-12(2)9-13(8-11)17(20)18-14(10-16(19)21-3)15-5-4-6-22-15/h4-9,14H,10H2,1-3H3,(H,18,20). The van der Waals surface area contributed by atoms with Crippen LogP contribution in [0.25, 0.3) is 0 Å². The molecule has 5 heteroatoms. The average Bonchev–Trinajstić information content (AvgIpc) is 2.99. The Hall–Kier alpha value is -2.14. The number of carbonyl (C=O) groups is 2. The van der Waals surface area contributed by atoms with Crippen LogP contribution in [0.5, 0.6) is 0 Å². The lowest BCUT2D eigenvalue weighted by atomic mass is 10.1. The van der Waals surface area contributed by atoms with Crippen molar-refractivity contribution in [1.82, 2.24) is 5.32 Å². The second-order valence-corrected chi connectivity index (χ2v) is 6.18. The summed E-state index contributed by atoms with van der Waals surface area (Å²) >= 11 is 1.50. The van der Waals surface area contributed by atoms with Gasteiger partial charge in [-0.15, -0.1) is 11.3 Å². The van der Waals surface area contributed by atoms with Gasteiger partial charge in [0.15, 0.2) is 0 Å². The monoisotopic (exact) mass is 317 g/mol. The van der Waals surface area contributed by atoms with Crippen molar-refractivity contribution in [2.75, 3.05) is 7.11 Å². The Kier molecular flexibility index (Phi) is 5.33.